The Labute approximate surface area is 213 Å². The Bertz CT molecular complexity index is 1420. The maximum Gasteiger partial charge on any atom is 0.338 e. The van der Waals surface area contributed by atoms with E-state index >= 15 is 0 Å². The maximum atomic E-state index is 13.4. The summed E-state index contributed by atoms with van der Waals surface area (Å²) in [4.78, 5) is 40.4. The van der Waals surface area contributed by atoms with Crippen molar-refractivity contribution in [1.29, 1.82) is 0 Å². The predicted molar refractivity (Wildman–Crippen MR) is 136 cm³/mol. The lowest BCUT2D eigenvalue weighted by molar-refractivity contribution is -0.132. The maximum absolute atomic E-state index is 13.4. The molecule has 3 aromatic rings. The van der Waals surface area contributed by atoms with Gasteiger partial charge in [-0.3, -0.25) is 14.5 Å². The molecule has 1 unspecified atom stereocenters. The first-order chi connectivity index (χ1) is 17.9. The van der Waals surface area contributed by atoms with Crippen LogP contribution >= 0.6 is 0 Å². The van der Waals surface area contributed by atoms with Crippen molar-refractivity contribution in [3.63, 3.8) is 0 Å². The van der Waals surface area contributed by atoms with E-state index in [9.17, 15) is 24.6 Å². The van der Waals surface area contributed by atoms with Crippen LogP contribution < -0.4 is 9.64 Å². The number of ether oxygens (including phenoxy) is 2. The van der Waals surface area contributed by atoms with E-state index in [0.29, 0.717) is 23.4 Å². The van der Waals surface area contributed by atoms with E-state index in [1.54, 1.807) is 55.5 Å². The summed E-state index contributed by atoms with van der Waals surface area (Å²) < 4.78 is 10.7. The van der Waals surface area contributed by atoms with Crippen LogP contribution in [0.3, 0.4) is 0 Å². The van der Waals surface area contributed by atoms with E-state index in [2.05, 4.69) is 0 Å². The molecule has 1 atom stereocenters. The minimum Gasteiger partial charge on any atom is -0.508 e. The number of phenols is 1. The molecule has 0 bridgehead atoms. The number of benzene rings is 3. The number of Topliss-reactive ketones (excluding diaryl/α,β-unsaturated/α-hetero) is 1. The van der Waals surface area contributed by atoms with E-state index in [0.717, 1.165) is 24.2 Å². The molecule has 0 aromatic heterocycles. The number of fused-ring (bicyclic) bond motifs is 1. The largest absolute Gasteiger partial charge is 0.508 e. The van der Waals surface area contributed by atoms with Crippen molar-refractivity contribution in [1.82, 2.24) is 0 Å². The van der Waals surface area contributed by atoms with Gasteiger partial charge in [0.2, 0.25) is 0 Å². The van der Waals surface area contributed by atoms with Gasteiger partial charge in [-0.1, -0.05) is 18.2 Å². The lowest BCUT2D eigenvalue weighted by Gasteiger charge is -2.26. The molecule has 3 aromatic carbocycles. The second kappa shape index (κ2) is 9.81. The van der Waals surface area contributed by atoms with Gasteiger partial charge in [0.1, 0.15) is 17.3 Å². The minimum atomic E-state index is -0.995. The molecule has 1 saturated heterocycles. The zero-order chi connectivity index (χ0) is 26.1. The number of carbonyl (C=O) groups excluding carboxylic acids is 3. The van der Waals surface area contributed by atoms with E-state index in [1.165, 1.54) is 23.1 Å². The Kier molecular flexibility index (Phi) is 6.40. The Morgan fingerprint density at radius 2 is 1.84 bits per heavy atom. The first-order valence-corrected chi connectivity index (χ1v) is 12.0. The predicted octanol–water partition coefficient (Wildman–Crippen LogP) is 4.52. The molecule has 0 saturated carbocycles. The molecule has 8 nitrogen and oxygen atoms in total. The smallest absolute Gasteiger partial charge is 0.338 e. The zero-order valence-electron chi connectivity index (χ0n) is 20.1. The molecule has 8 heteroatoms. The van der Waals surface area contributed by atoms with Gasteiger partial charge in [0, 0.05) is 11.3 Å². The van der Waals surface area contributed by atoms with Crippen LogP contribution in [0.1, 0.15) is 46.4 Å². The molecule has 1 fully saturated rings. The molecule has 0 radical (unpaired) electrons. The van der Waals surface area contributed by atoms with Gasteiger partial charge in [-0.2, -0.15) is 0 Å². The number of aryl methyl sites for hydroxylation is 1. The van der Waals surface area contributed by atoms with Gasteiger partial charge in [0.05, 0.1) is 30.4 Å². The normalized spacial score (nSPS) is 18.3. The van der Waals surface area contributed by atoms with Crippen LogP contribution in [0.15, 0.2) is 72.3 Å². The number of esters is 1. The number of nitrogens with zero attached hydrogens (tertiary/aromatic N) is 1. The minimum absolute atomic E-state index is 0.0136. The number of aliphatic hydroxyl groups is 1. The van der Waals surface area contributed by atoms with Crippen molar-refractivity contribution in [2.45, 2.75) is 25.8 Å². The second-order valence-corrected chi connectivity index (χ2v) is 8.81. The van der Waals surface area contributed by atoms with Crippen molar-refractivity contribution in [2.75, 3.05) is 18.1 Å². The number of carbonyl (C=O) groups is 3. The number of phenolic OH excluding ortho intramolecular Hbond substituents is 1. The Morgan fingerprint density at radius 1 is 1.05 bits per heavy atom. The third-order valence-electron chi connectivity index (χ3n) is 6.47. The second-order valence-electron chi connectivity index (χ2n) is 8.81. The standard InChI is InChI=1S/C29H25NO7/c1-2-36-29(35)20-5-3-7-21(16-20)30-25(17-8-11-22(31)12-9-17)24(27(33)28(30)34)26(32)19-10-13-23-18(15-19)6-4-14-37-23/h3,5,7-13,15-16,25,31-32H,2,4,6,14H2,1H3/b26-24-. The van der Waals surface area contributed by atoms with Crippen molar-refractivity contribution in [2.24, 2.45) is 0 Å². The summed E-state index contributed by atoms with van der Waals surface area (Å²) in [6.07, 6.45) is 1.61. The molecule has 2 heterocycles. The third kappa shape index (κ3) is 4.42. The van der Waals surface area contributed by atoms with E-state index in [1.807, 2.05) is 0 Å². The van der Waals surface area contributed by atoms with Crippen LogP contribution in [0.5, 0.6) is 11.5 Å². The summed E-state index contributed by atoms with van der Waals surface area (Å²) in [6.45, 7) is 2.50. The van der Waals surface area contributed by atoms with Gasteiger partial charge < -0.3 is 19.7 Å². The van der Waals surface area contributed by atoms with Gasteiger partial charge in [-0.15, -0.1) is 0 Å². The molecule has 1 amide bonds. The molecule has 37 heavy (non-hydrogen) atoms. The number of anilines is 1. The molecule has 0 spiro atoms. The highest BCUT2D eigenvalue weighted by Gasteiger charge is 2.47. The highest BCUT2D eigenvalue weighted by atomic mass is 16.5. The van der Waals surface area contributed by atoms with Crippen molar-refractivity contribution in [3.05, 3.63) is 94.6 Å². The summed E-state index contributed by atoms with van der Waals surface area (Å²) in [5.41, 5.74) is 2.23. The average Bonchev–Trinajstić information content (AvgIpc) is 3.18. The monoisotopic (exact) mass is 499 g/mol. The Morgan fingerprint density at radius 3 is 2.59 bits per heavy atom. The molecule has 2 N–H and O–H groups in total. The van der Waals surface area contributed by atoms with E-state index in [4.69, 9.17) is 9.47 Å². The van der Waals surface area contributed by atoms with Crippen molar-refractivity contribution < 1.29 is 34.1 Å². The molecule has 2 aliphatic heterocycles. The number of aromatic hydroxyl groups is 1. The van der Waals surface area contributed by atoms with Crippen LogP contribution in [0.25, 0.3) is 5.76 Å². The van der Waals surface area contributed by atoms with Gasteiger partial charge in [0.25, 0.3) is 11.7 Å². The molecule has 5 rings (SSSR count). The summed E-state index contributed by atoms with van der Waals surface area (Å²) in [5.74, 6) is -1.82. The van der Waals surface area contributed by atoms with Gasteiger partial charge in [0.15, 0.2) is 0 Å². The fourth-order valence-electron chi connectivity index (χ4n) is 4.73. The van der Waals surface area contributed by atoms with E-state index < -0.39 is 23.7 Å². The van der Waals surface area contributed by atoms with Crippen molar-refractivity contribution >= 4 is 29.1 Å². The summed E-state index contributed by atoms with van der Waals surface area (Å²) in [5, 5.41) is 21.2. The van der Waals surface area contributed by atoms with E-state index in [-0.39, 0.29) is 29.3 Å². The topological polar surface area (TPSA) is 113 Å². The van der Waals surface area contributed by atoms with Crippen LogP contribution in [-0.2, 0) is 20.7 Å². The molecule has 2 aliphatic rings. The molecule has 0 aliphatic carbocycles. The number of hydrogen-bond donors (Lipinski definition) is 2. The van der Waals surface area contributed by atoms with Gasteiger partial charge in [-0.25, -0.2) is 4.79 Å². The Hall–Kier alpha value is -4.59. The number of rotatable bonds is 5. The highest BCUT2D eigenvalue weighted by molar-refractivity contribution is 6.51. The number of aliphatic hydroxyl groups excluding tert-OH is 1. The number of hydrogen-bond acceptors (Lipinski definition) is 7. The summed E-state index contributed by atoms with van der Waals surface area (Å²) >= 11 is 0. The lowest BCUT2D eigenvalue weighted by Crippen LogP contribution is -2.29. The number of amides is 1. The van der Waals surface area contributed by atoms with Crippen LogP contribution in [0, 0.1) is 0 Å². The highest BCUT2D eigenvalue weighted by Crippen LogP contribution is 2.43. The zero-order valence-corrected chi connectivity index (χ0v) is 20.1. The third-order valence-corrected chi connectivity index (χ3v) is 6.47. The quantitative estimate of drug-likeness (QED) is 0.230. The molecular weight excluding hydrogens is 474 g/mol. The lowest BCUT2D eigenvalue weighted by atomic mass is 9.93. The van der Waals surface area contributed by atoms with Crippen LogP contribution in [0.2, 0.25) is 0 Å². The first-order valence-electron chi connectivity index (χ1n) is 12.0. The number of ketones is 1. The van der Waals surface area contributed by atoms with Gasteiger partial charge >= 0.3 is 5.97 Å². The summed E-state index contributed by atoms with van der Waals surface area (Å²) in [6, 6.07) is 16.5. The van der Waals surface area contributed by atoms with Crippen LogP contribution in [-0.4, -0.2) is 41.1 Å². The van der Waals surface area contributed by atoms with Crippen molar-refractivity contribution in [3.8, 4) is 11.5 Å². The fourth-order valence-corrected chi connectivity index (χ4v) is 4.73. The summed E-state index contributed by atoms with van der Waals surface area (Å²) in [7, 11) is 0. The van der Waals surface area contributed by atoms with Crippen LogP contribution in [0.4, 0.5) is 5.69 Å². The molecule has 188 valence electrons. The van der Waals surface area contributed by atoms with Gasteiger partial charge in [-0.05, 0) is 79.4 Å². The first kappa shape index (κ1) is 24.1. The SMILES string of the molecule is CCOC(=O)c1cccc(N2C(=O)C(=O)/C(=C(\O)c3ccc4c(c3)CCCO4)C2c2ccc(O)cc2)c1. The Balaban J connectivity index is 1.66. The fraction of sp³-hybridized carbons (Fsp3) is 0.207. The molecular formula is C29H25NO7. The average molecular weight is 500 g/mol.